The van der Waals surface area contributed by atoms with Gasteiger partial charge in [0.1, 0.15) is 0 Å². The number of benzene rings is 2. The van der Waals surface area contributed by atoms with Crippen LogP contribution in [0.5, 0.6) is 0 Å². The van der Waals surface area contributed by atoms with Gasteiger partial charge in [-0.1, -0.05) is 5.21 Å². The van der Waals surface area contributed by atoms with E-state index in [2.05, 4.69) is 32.8 Å². The number of fused-ring (bicyclic) bond motifs is 1. The predicted molar refractivity (Wildman–Crippen MR) is 136 cm³/mol. The Labute approximate surface area is 207 Å². The topological polar surface area (TPSA) is 134 Å². The number of amides is 2. The highest BCUT2D eigenvalue weighted by Crippen LogP contribution is 2.29. The molecule has 0 saturated carbocycles. The fourth-order valence-electron chi connectivity index (χ4n) is 4.05. The van der Waals surface area contributed by atoms with Crippen molar-refractivity contribution in [2.75, 3.05) is 35.3 Å². The molecule has 2 aromatic heterocycles. The van der Waals surface area contributed by atoms with Crippen LogP contribution in [0.3, 0.4) is 0 Å². The van der Waals surface area contributed by atoms with Crippen LogP contribution in [-0.4, -0.2) is 56.8 Å². The van der Waals surface area contributed by atoms with E-state index in [0.29, 0.717) is 60.2 Å². The Morgan fingerprint density at radius 3 is 2.44 bits per heavy atom. The number of rotatable bonds is 5. The molecule has 1 aliphatic heterocycles. The number of nitrogens with zero attached hydrogens (tertiary/aromatic N) is 7. The highest BCUT2D eigenvalue weighted by Gasteiger charge is 2.26. The van der Waals surface area contributed by atoms with Crippen LogP contribution >= 0.6 is 0 Å². The number of aromatic nitrogens is 5. The number of ether oxygens (including phenoxy) is 1. The molecule has 36 heavy (non-hydrogen) atoms. The van der Waals surface area contributed by atoms with Gasteiger partial charge in [0.25, 0.3) is 0 Å². The summed E-state index contributed by atoms with van der Waals surface area (Å²) in [7, 11) is 0. The second kappa shape index (κ2) is 9.97. The van der Waals surface area contributed by atoms with Gasteiger partial charge in [-0.05, 0) is 62.4 Å². The Morgan fingerprint density at radius 2 is 1.81 bits per heavy atom. The van der Waals surface area contributed by atoms with Gasteiger partial charge in [-0.25, -0.2) is 19.4 Å². The van der Waals surface area contributed by atoms with E-state index in [4.69, 9.17) is 20.0 Å². The normalized spacial score (nSPS) is 15.5. The second-order valence-electron chi connectivity index (χ2n) is 8.41. The first kappa shape index (κ1) is 23.2. The van der Waals surface area contributed by atoms with E-state index >= 15 is 0 Å². The van der Waals surface area contributed by atoms with E-state index in [1.165, 1.54) is 0 Å². The molecule has 0 spiro atoms. The molecule has 5 rings (SSSR count). The minimum absolute atomic E-state index is 0.151. The van der Waals surface area contributed by atoms with Gasteiger partial charge in [-0.2, -0.15) is 5.26 Å². The summed E-state index contributed by atoms with van der Waals surface area (Å²) in [5, 5.41) is 23.1. The molecule has 1 atom stereocenters. The molecule has 1 saturated heterocycles. The van der Waals surface area contributed by atoms with Crippen LogP contribution in [0.2, 0.25) is 0 Å². The minimum Gasteiger partial charge on any atom is -0.377 e. The van der Waals surface area contributed by atoms with Crippen LogP contribution in [0.15, 0.2) is 48.5 Å². The number of carbonyl (C=O) groups excluding carboxylic acids is 1. The highest BCUT2D eigenvalue weighted by molar-refractivity contribution is 5.99. The molecule has 11 heteroatoms. The number of hydrogen-bond donors (Lipinski definition) is 2. The monoisotopic (exact) mass is 483 g/mol. The Balaban J connectivity index is 1.39. The standard InChI is InChI=1S/C25H25N9O2/c1-3-34-24-21(31-32-34)23(33-12-13-36-15-16(33)2)29-22(30-24)18-6-10-20(11-7-18)28-25(35)27-19-8-4-17(14-26)5-9-19/h4-11,16H,3,12-13,15H2,1-2H3,(H2,27,28,35). The van der Waals surface area contributed by atoms with E-state index in [9.17, 15) is 4.79 Å². The summed E-state index contributed by atoms with van der Waals surface area (Å²) in [6, 6.07) is 15.8. The maximum Gasteiger partial charge on any atom is 0.323 e. The number of nitrogens with one attached hydrogen (secondary N) is 2. The van der Waals surface area contributed by atoms with E-state index in [-0.39, 0.29) is 12.1 Å². The van der Waals surface area contributed by atoms with Crippen LogP contribution in [0.4, 0.5) is 22.0 Å². The summed E-state index contributed by atoms with van der Waals surface area (Å²) in [5.41, 5.74) is 3.90. The smallest absolute Gasteiger partial charge is 0.323 e. The second-order valence-corrected chi connectivity index (χ2v) is 8.41. The molecule has 0 radical (unpaired) electrons. The van der Waals surface area contributed by atoms with Crippen LogP contribution in [0, 0.1) is 11.3 Å². The van der Waals surface area contributed by atoms with Crippen molar-refractivity contribution >= 4 is 34.4 Å². The fraction of sp³-hybridized carbons (Fsp3) is 0.280. The molecule has 0 bridgehead atoms. The number of hydrogen-bond acceptors (Lipinski definition) is 8. The molecule has 0 aliphatic carbocycles. The summed E-state index contributed by atoms with van der Waals surface area (Å²) in [6.45, 7) is 6.69. The van der Waals surface area contributed by atoms with E-state index in [1.54, 1.807) is 41.1 Å². The number of morpholine rings is 1. The average Bonchev–Trinajstić information content (AvgIpc) is 3.32. The largest absolute Gasteiger partial charge is 0.377 e. The molecule has 2 N–H and O–H groups in total. The van der Waals surface area contributed by atoms with Crippen LogP contribution < -0.4 is 15.5 Å². The number of carbonyl (C=O) groups is 1. The molecule has 182 valence electrons. The van der Waals surface area contributed by atoms with E-state index < -0.39 is 0 Å². The molecule has 1 aliphatic rings. The molecule has 11 nitrogen and oxygen atoms in total. The molecule has 3 heterocycles. The summed E-state index contributed by atoms with van der Waals surface area (Å²) in [6.07, 6.45) is 0. The maximum absolute atomic E-state index is 12.4. The third-order valence-corrected chi connectivity index (χ3v) is 5.96. The van der Waals surface area contributed by atoms with Crippen molar-refractivity contribution in [2.45, 2.75) is 26.4 Å². The zero-order chi connectivity index (χ0) is 25.1. The first-order valence-electron chi connectivity index (χ1n) is 11.7. The number of nitriles is 1. The van der Waals surface area contributed by atoms with Gasteiger partial charge in [-0.3, -0.25) is 0 Å². The Morgan fingerprint density at radius 1 is 1.11 bits per heavy atom. The van der Waals surface area contributed by atoms with Gasteiger partial charge in [0.2, 0.25) is 0 Å². The number of aryl methyl sites for hydroxylation is 1. The minimum atomic E-state index is -0.383. The first-order valence-corrected chi connectivity index (χ1v) is 11.7. The Hall–Kier alpha value is -4.56. The van der Waals surface area contributed by atoms with Gasteiger partial charge in [0, 0.05) is 30.0 Å². The van der Waals surface area contributed by atoms with Gasteiger partial charge < -0.3 is 20.3 Å². The predicted octanol–water partition coefficient (Wildman–Crippen LogP) is 3.65. The van der Waals surface area contributed by atoms with Crippen LogP contribution in [0.25, 0.3) is 22.6 Å². The van der Waals surface area contributed by atoms with E-state index in [1.807, 2.05) is 25.1 Å². The van der Waals surface area contributed by atoms with Gasteiger partial charge in [0.05, 0.1) is 30.9 Å². The lowest BCUT2D eigenvalue weighted by molar-refractivity contribution is 0.0987. The lowest BCUT2D eigenvalue weighted by atomic mass is 10.2. The van der Waals surface area contributed by atoms with E-state index in [0.717, 1.165) is 11.4 Å². The van der Waals surface area contributed by atoms with Crippen LogP contribution in [-0.2, 0) is 11.3 Å². The lowest BCUT2D eigenvalue weighted by Crippen LogP contribution is -2.44. The zero-order valence-corrected chi connectivity index (χ0v) is 20.0. The van der Waals surface area contributed by atoms with Crippen LogP contribution in [0.1, 0.15) is 19.4 Å². The third kappa shape index (κ3) is 4.67. The lowest BCUT2D eigenvalue weighted by Gasteiger charge is -2.34. The number of anilines is 3. The summed E-state index contributed by atoms with van der Waals surface area (Å²) < 4.78 is 7.36. The average molecular weight is 484 g/mol. The van der Waals surface area contributed by atoms with Crippen molar-refractivity contribution in [3.05, 3.63) is 54.1 Å². The van der Waals surface area contributed by atoms with Crippen molar-refractivity contribution in [3.63, 3.8) is 0 Å². The van der Waals surface area contributed by atoms with Crippen molar-refractivity contribution in [1.29, 1.82) is 5.26 Å². The molecular weight excluding hydrogens is 458 g/mol. The highest BCUT2D eigenvalue weighted by atomic mass is 16.5. The molecule has 2 amide bonds. The SMILES string of the molecule is CCn1nnc2c(N3CCOCC3C)nc(-c3ccc(NC(=O)Nc4ccc(C#N)cc4)cc3)nc21. The number of urea groups is 1. The summed E-state index contributed by atoms with van der Waals surface area (Å²) >= 11 is 0. The Kier molecular flexibility index (Phi) is 6.42. The summed E-state index contributed by atoms with van der Waals surface area (Å²) in [4.78, 5) is 24.2. The molecule has 2 aromatic carbocycles. The molecule has 1 fully saturated rings. The fourth-order valence-corrected chi connectivity index (χ4v) is 4.05. The van der Waals surface area contributed by atoms with Gasteiger partial charge in [0.15, 0.2) is 22.8 Å². The third-order valence-electron chi connectivity index (χ3n) is 5.96. The van der Waals surface area contributed by atoms with Crippen molar-refractivity contribution in [3.8, 4) is 17.5 Å². The van der Waals surface area contributed by atoms with Gasteiger partial charge in [-0.15, -0.1) is 5.10 Å². The molecule has 1 unspecified atom stereocenters. The van der Waals surface area contributed by atoms with Crippen molar-refractivity contribution in [1.82, 2.24) is 25.0 Å². The first-order chi connectivity index (χ1) is 17.6. The Bertz CT molecular complexity index is 1430. The maximum atomic E-state index is 12.4. The summed E-state index contributed by atoms with van der Waals surface area (Å²) in [5.74, 6) is 1.30. The van der Waals surface area contributed by atoms with Crippen molar-refractivity contribution in [2.24, 2.45) is 0 Å². The molecular formula is C25H25N9O2. The molecule has 4 aromatic rings. The van der Waals surface area contributed by atoms with Crippen molar-refractivity contribution < 1.29 is 9.53 Å². The zero-order valence-electron chi connectivity index (χ0n) is 20.0. The quantitative estimate of drug-likeness (QED) is 0.439. The van der Waals surface area contributed by atoms with Gasteiger partial charge >= 0.3 is 6.03 Å².